The summed E-state index contributed by atoms with van der Waals surface area (Å²) in [7, 11) is 0. The number of hydrogen-bond donors (Lipinski definition) is 3. The summed E-state index contributed by atoms with van der Waals surface area (Å²) in [5.74, 6) is 1.30. The van der Waals surface area contributed by atoms with Crippen molar-refractivity contribution in [3.05, 3.63) is 0 Å². The summed E-state index contributed by atoms with van der Waals surface area (Å²) in [6.07, 6.45) is 4.85. The van der Waals surface area contributed by atoms with Gasteiger partial charge in [-0.2, -0.15) is 0 Å². The number of alkyl halides is 2. The highest BCUT2D eigenvalue weighted by atomic mass is 35.5. The molecular formula is C13H24Cl2N2O2. The van der Waals surface area contributed by atoms with Gasteiger partial charge in [0.2, 0.25) is 0 Å². The fourth-order valence-electron chi connectivity index (χ4n) is 2.87. The van der Waals surface area contributed by atoms with Gasteiger partial charge >= 0.3 is 5.97 Å². The molecule has 4 N–H and O–H groups in total. The van der Waals surface area contributed by atoms with Gasteiger partial charge in [-0.05, 0) is 31.1 Å². The average molecular weight is 311 g/mol. The first-order valence-corrected chi connectivity index (χ1v) is 7.99. The summed E-state index contributed by atoms with van der Waals surface area (Å²) in [6, 6.07) is -0.408. The number of halogens is 2. The van der Waals surface area contributed by atoms with E-state index in [-0.39, 0.29) is 0 Å². The Hall–Kier alpha value is -0.0300. The van der Waals surface area contributed by atoms with E-state index >= 15 is 0 Å². The zero-order valence-corrected chi connectivity index (χ0v) is 12.7. The maximum atomic E-state index is 10.7. The summed E-state index contributed by atoms with van der Waals surface area (Å²) in [5.41, 5.74) is 5.59. The molecule has 0 heterocycles. The Balaban J connectivity index is 2.32. The lowest BCUT2D eigenvalue weighted by Gasteiger charge is -2.34. The molecule has 6 heteroatoms. The van der Waals surface area contributed by atoms with Crippen molar-refractivity contribution in [1.29, 1.82) is 0 Å². The van der Waals surface area contributed by atoms with Crippen LogP contribution in [0, 0.1) is 11.8 Å². The summed E-state index contributed by atoms with van der Waals surface area (Å²) in [4.78, 5) is 10.7. The number of rotatable bonds is 8. The first kappa shape index (κ1) is 17.0. The first-order valence-electron chi connectivity index (χ1n) is 6.92. The summed E-state index contributed by atoms with van der Waals surface area (Å²) in [6.45, 7) is 0.781. The predicted octanol–water partition coefficient (Wildman–Crippen LogP) is 2.03. The van der Waals surface area contributed by atoms with Gasteiger partial charge in [0.1, 0.15) is 6.04 Å². The molecule has 1 aliphatic carbocycles. The minimum absolute atomic E-state index is 0.314. The van der Waals surface area contributed by atoms with E-state index in [1.807, 2.05) is 0 Å². The number of carboxylic acid groups (broad SMARTS) is 1. The molecule has 1 saturated carbocycles. The Bertz CT molecular complexity index is 271. The van der Waals surface area contributed by atoms with Gasteiger partial charge in [-0.25, -0.2) is 0 Å². The quantitative estimate of drug-likeness (QED) is 0.600. The molecule has 112 valence electrons. The monoisotopic (exact) mass is 310 g/mol. The van der Waals surface area contributed by atoms with E-state index in [9.17, 15) is 4.79 Å². The molecule has 1 rings (SSSR count). The van der Waals surface area contributed by atoms with Gasteiger partial charge in [-0.3, -0.25) is 4.79 Å². The molecule has 4 nitrogen and oxygen atoms in total. The molecule has 0 bridgehead atoms. The Kier molecular flexibility index (Phi) is 8.07. The van der Waals surface area contributed by atoms with E-state index in [4.69, 9.17) is 34.0 Å². The summed E-state index contributed by atoms with van der Waals surface area (Å²) >= 11 is 11.7. The van der Waals surface area contributed by atoms with Crippen LogP contribution in [0.5, 0.6) is 0 Å². The normalized spacial score (nSPS) is 26.9. The molecule has 19 heavy (non-hydrogen) atoms. The molecule has 0 aromatic carbocycles. The van der Waals surface area contributed by atoms with Gasteiger partial charge in [0.15, 0.2) is 0 Å². The molecule has 0 amide bonds. The zero-order chi connectivity index (χ0) is 14.3. The molecule has 0 radical (unpaired) electrons. The maximum absolute atomic E-state index is 10.7. The molecule has 1 aliphatic rings. The minimum atomic E-state index is -0.899. The Morgan fingerprint density at radius 2 is 1.95 bits per heavy atom. The number of nitrogens with two attached hydrogens (primary N) is 1. The van der Waals surface area contributed by atoms with Crippen LogP contribution in [0.15, 0.2) is 0 Å². The minimum Gasteiger partial charge on any atom is -0.480 e. The van der Waals surface area contributed by atoms with E-state index in [1.165, 1.54) is 0 Å². The number of hydrogen-bond acceptors (Lipinski definition) is 3. The first-order chi connectivity index (χ1) is 9.08. The van der Waals surface area contributed by atoms with Crippen LogP contribution in [0.1, 0.15) is 32.1 Å². The number of carbonyl (C=O) groups is 1. The van der Waals surface area contributed by atoms with Crippen molar-refractivity contribution in [2.45, 2.75) is 44.2 Å². The third-order valence-corrected chi connectivity index (χ3v) is 4.55. The van der Waals surface area contributed by atoms with Gasteiger partial charge in [0.25, 0.3) is 0 Å². The van der Waals surface area contributed by atoms with Gasteiger partial charge in [0.05, 0.1) is 0 Å². The lowest BCUT2D eigenvalue weighted by atomic mass is 9.77. The average Bonchev–Trinajstić information content (AvgIpc) is 2.41. The smallest absolute Gasteiger partial charge is 0.320 e. The van der Waals surface area contributed by atoms with Crippen molar-refractivity contribution in [3.8, 4) is 0 Å². The van der Waals surface area contributed by atoms with Crippen LogP contribution < -0.4 is 11.1 Å². The highest BCUT2D eigenvalue weighted by molar-refractivity contribution is 6.18. The van der Waals surface area contributed by atoms with Gasteiger partial charge in [0, 0.05) is 24.3 Å². The predicted molar refractivity (Wildman–Crippen MR) is 78.9 cm³/mol. The molecule has 0 aromatic rings. The van der Waals surface area contributed by atoms with Crippen molar-refractivity contribution >= 4 is 29.2 Å². The molecule has 0 aromatic heterocycles. The van der Waals surface area contributed by atoms with Crippen LogP contribution in [-0.2, 0) is 4.79 Å². The standard InChI is InChI=1S/C13H24Cl2N2O2/c14-5-6-17-12(8-15)10-3-1-9(2-4-10)7-11(16)13(18)19/h9-12,17H,1-8,16H2,(H,18,19)/t9?,10?,11-,12?/m1/s1. The second kappa shape index (κ2) is 9.01. The SMILES string of the molecule is N[C@H](CC1CCC(C(CCl)NCCCl)CC1)C(=O)O. The summed E-state index contributed by atoms with van der Waals surface area (Å²) in [5, 5.41) is 12.2. The number of nitrogens with one attached hydrogen (secondary N) is 1. The van der Waals surface area contributed by atoms with Crippen LogP contribution in [0.3, 0.4) is 0 Å². The fourth-order valence-corrected chi connectivity index (χ4v) is 3.34. The third-order valence-electron chi connectivity index (χ3n) is 4.03. The second-order valence-corrected chi connectivity index (χ2v) is 6.05. The van der Waals surface area contributed by atoms with E-state index in [0.717, 1.165) is 32.2 Å². The molecular weight excluding hydrogens is 287 g/mol. The lowest BCUT2D eigenvalue weighted by molar-refractivity contribution is -0.139. The Labute approximate surface area is 125 Å². The topological polar surface area (TPSA) is 75.3 Å². The van der Waals surface area contributed by atoms with Crippen LogP contribution in [0.2, 0.25) is 0 Å². The third kappa shape index (κ3) is 5.86. The van der Waals surface area contributed by atoms with Crippen molar-refractivity contribution < 1.29 is 9.90 Å². The highest BCUT2D eigenvalue weighted by Crippen LogP contribution is 2.33. The van der Waals surface area contributed by atoms with Crippen LogP contribution >= 0.6 is 23.2 Å². The van der Waals surface area contributed by atoms with Gasteiger partial charge in [-0.15, -0.1) is 23.2 Å². The van der Waals surface area contributed by atoms with E-state index in [0.29, 0.717) is 36.1 Å². The number of carboxylic acids is 1. The lowest BCUT2D eigenvalue weighted by Crippen LogP contribution is -2.41. The van der Waals surface area contributed by atoms with Crippen LogP contribution in [-0.4, -0.2) is 41.5 Å². The fraction of sp³-hybridized carbons (Fsp3) is 0.923. The van der Waals surface area contributed by atoms with Crippen molar-refractivity contribution in [1.82, 2.24) is 5.32 Å². The van der Waals surface area contributed by atoms with E-state index in [1.54, 1.807) is 0 Å². The van der Waals surface area contributed by atoms with Crippen LogP contribution in [0.4, 0.5) is 0 Å². The molecule has 1 unspecified atom stereocenters. The van der Waals surface area contributed by atoms with E-state index < -0.39 is 12.0 Å². The maximum Gasteiger partial charge on any atom is 0.320 e. The van der Waals surface area contributed by atoms with Crippen molar-refractivity contribution in [3.63, 3.8) is 0 Å². The Morgan fingerprint density at radius 3 is 2.42 bits per heavy atom. The van der Waals surface area contributed by atoms with Crippen molar-refractivity contribution in [2.75, 3.05) is 18.3 Å². The summed E-state index contributed by atoms with van der Waals surface area (Å²) < 4.78 is 0. The number of aliphatic carboxylic acids is 1. The van der Waals surface area contributed by atoms with Gasteiger partial charge < -0.3 is 16.2 Å². The molecule has 0 spiro atoms. The molecule has 0 aliphatic heterocycles. The molecule has 1 fully saturated rings. The van der Waals surface area contributed by atoms with Crippen LogP contribution in [0.25, 0.3) is 0 Å². The van der Waals surface area contributed by atoms with Crippen molar-refractivity contribution in [2.24, 2.45) is 17.6 Å². The Morgan fingerprint density at radius 1 is 1.32 bits per heavy atom. The molecule has 2 atom stereocenters. The van der Waals surface area contributed by atoms with Gasteiger partial charge in [-0.1, -0.05) is 12.8 Å². The largest absolute Gasteiger partial charge is 0.480 e. The molecule has 0 saturated heterocycles. The van der Waals surface area contributed by atoms with E-state index in [2.05, 4.69) is 5.32 Å². The highest BCUT2D eigenvalue weighted by Gasteiger charge is 2.28. The zero-order valence-electron chi connectivity index (χ0n) is 11.2. The second-order valence-electron chi connectivity index (χ2n) is 5.37.